The molecule has 1 aromatic carbocycles. The Morgan fingerprint density at radius 2 is 2.11 bits per heavy atom. The summed E-state index contributed by atoms with van der Waals surface area (Å²) < 4.78 is 5.46. The molecular weight excluding hydrogens is 270 g/mol. The highest BCUT2D eigenvalue weighted by Gasteiger charge is 2.05. The number of ether oxygens (including phenoxy) is 1. The minimum absolute atomic E-state index is 0.0761. The fraction of sp³-hybridized carbons (Fsp3) is 0.154. The van der Waals surface area contributed by atoms with Crippen LogP contribution in [0.1, 0.15) is 9.67 Å². The number of rotatable bonds is 5. The van der Waals surface area contributed by atoms with Crippen LogP contribution in [0.25, 0.3) is 0 Å². The fourth-order valence-corrected chi connectivity index (χ4v) is 2.21. The molecular formula is C13H12ClNO2S. The maximum Gasteiger partial charge on any atom is 0.261 e. The van der Waals surface area contributed by atoms with Crippen LogP contribution in [0, 0.1) is 0 Å². The molecule has 1 heterocycles. The van der Waals surface area contributed by atoms with Gasteiger partial charge in [-0.3, -0.25) is 4.79 Å². The number of hydrogen-bond acceptors (Lipinski definition) is 3. The molecule has 0 unspecified atom stereocenters. The number of halogens is 1. The van der Waals surface area contributed by atoms with Gasteiger partial charge in [0.2, 0.25) is 0 Å². The van der Waals surface area contributed by atoms with Crippen LogP contribution < -0.4 is 10.1 Å². The third kappa shape index (κ3) is 3.48. The molecule has 2 rings (SSSR count). The molecule has 0 spiro atoms. The van der Waals surface area contributed by atoms with Gasteiger partial charge in [0.25, 0.3) is 5.91 Å². The van der Waals surface area contributed by atoms with Gasteiger partial charge in [-0.2, -0.15) is 0 Å². The van der Waals surface area contributed by atoms with E-state index in [9.17, 15) is 4.79 Å². The highest BCUT2D eigenvalue weighted by Crippen LogP contribution is 2.22. The number of amides is 1. The first-order chi connectivity index (χ1) is 8.77. The summed E-state index contributed by atoms with van der Waals surface area (Å²) >= 11 is 7.35. The first kappa shape index (κ1) is 12.9. The normalized spacial score (nSPS) is 10.1. The lowest BCUT2D eigenvalue weighted by Crippen LogP contribution is -2.27. The molecule has 0 aliphatic heterocycles. The molecule has 94 valence electrons. The van der Waals surface area contributed by atoms with Gasteiger partial charge in [-0.15, -0.1) is 11.3 Å². The average Bonchev–Trinajstić information content (AvgIpc) is 2.90. The van der Waals surface area contributed by atoms with E-state index >= 15 is 0 Å². The van der Waals surface area contributed by atoms with Crippen LogP contribution in [0.3, 0.4) is 0 Å². The Labute approximate surface area is 114 Å². The molecule has 1 N–H and O–H groups in total. The first-order valence-electron chi connectivity index (χ1n) is 5.46. The lowest BCUT2D eigenvalue weighted by molar-refractivity contribution is 0.0951. The molecule has 0 aliphatic carbocycles. The van der Waals surface area contributed by atoms with Crippen LogP contribution in [-0.2, 0) is 0 Å². The predicted octanol–water partition coefficient (Wildman–Crippen LogP) is 3.21. The van der Waals surface area contributed by atoms with Crippen LogP contribution in [0.4, 0.5) is 0 Å². The monoisotopic (exact) mass is 281 g/mol. The van der Waals surface area contributed by atoms with E-state index in [0.717, 1.165) is 0 Å². The van der Waals surface area contributed by atoms with E-state index < -0.39 is 0 Å². The molecule has 0 fully saturated rings. The number of carbonyl (C=O) groups excluding carboxylic acids is 1. The second-order valence-electron chi connectivity index (χ2n) is 3.51. The minimum Gasteiger partial charge on any atom is -0.490 e. The molecule has 2 aromatic rings. The van der Waals surface area contributed by atoms with Crippen LogP contribution in [0.2, 0.25) is 5.02 Å². The highest BCUT2D eigenvalue weighted by molar-refractivity contribution is 7.12. The second-order valence-corrected chi connectivity index (χ2v) is 4.87. The Balaban J connectivity index is 1.74. The van der Waals surface area contributed by atoms with E-state index in [2.05, 4.69) is 5.32 Å². The zero-order valence-electron chi connectivity index (χ0n) is 9.56. The molecule has 0 radical (unpaired) electrons. The van der Waals surface area contributed by atoms with Gasteiger partial charge >= 0.3 is 0 Å². The van der Waals surface area contributed by atoms with Crippen molar-refractivity contribution in [2.45, 2.75) is 0 Å². The van der Waals surface area contributed by atoms with E-state index in [4.69, 9.17) is 16.3 Å². The summed E-state index contributed by atoms with van der Waals surface area (Å²) in [6.07, 6.45) is 0. The second kappa shape index (κ2) is 6.42. The van der Waals surface area contributed by atoms with Crippen molar-refractivity contribution in [3.63, 3.8) is 0 Å². The third-order valence-electron chi connectivity index (χ3n) is 2.23. The predicted molar refractivity (Wildman–Crippen MR) is 73.6 cm³/mol. The molecule has 18 heavy (non-hydrogen) atoms. The minimum atomic E-state index is -0.0761. The fourth-order valence-electron chi connectivity index (χ4n) is 1.38. The van der Waals surface area contributed by atoms with Gasteiger partial charge in [0.1, 0.15) is 12.4 Å². The van der Waals surface area contributed by atoms with Gasteiger partial charge in [-0.25, -0.2) is 0 Å². The Bertz CT molecular complexity index is 513. The number of carbonyl (C=O) groups is 1. The first-order valence-corrected chi connectivity index (χ1v) is 6.72. The average molecular weight is 282 g/mol. The van der Waals surface area contributed by atoms with Crippen molar-refractivity contribution in [3.05, 3.63) is 51.7 Å². The SMILES string of the molecule is O=C(NCCOc1ccccc1Cl)c1cccs1. The third-order valence-corrected chi connectivity index (χ3v) is 3.41. The lowest BCUT2D eigenvalue weighted by Gasteiger charge is -2.08. The van der Waals surface area contributed by atoms with Crippen molar-refractivity contribution in [1.82, 2.24) is 5.32 Å². The number of hydrogen-bond donors (Lipinski definition) is 1. The van der Waals surface area contributed by atoms with Crippen molar-refractivity contribution < 1.29 is 9.53 Å². The van der Waals surface area contributed by atoms with E-state index in [1.807, 2.05) is 23.6 Å². The molecule has 0 atom stereocenters. The van der Waals surface area contributed by atoms with E-state index in [-0.39, 0.29) is 5.91 Å². The largest absolute Gasteiger partial charge is 0.490 e. The topological polar surface area (TPSA) is 38.3 Å². The number of para-hydroxylation sites is 1. The van der Waals surface area contributed by atoms with Gasteiger partial charge in [-0.1, -0.05) is 29.8 Å². The molecule has 3 nitrogen and oxygen atoms in total. The number of benzene rings is 1. The summed E-state index contributed by atoms with van der Waals surface area (Å²) in [5, 5.41) is 5.22. The summed E-state index contributed by atoms with van der Waals surface area (Å²) in [5.74, 6) is 0.553. The molecule has 5 heteroatoms. The summed E-state index contributed by atoms with van der Waals surface area (Å²) in [5.41, 5.74) is 0. The van der Waals surface area contributed by atoms with Crippen molar-refractivity contribution in [2.75, 3.05) is 13.2 Å². The van der Waals surface area contributed by atoms with Gasteiger partial charge < -0.3 is 10.1 Å². The maximum atomic E-state index is 11.6. The Kier molecular flexibility index (Phi) is 4.61. The summed E-state index contributed by atoms with van der Waals surface area (Å²) in [6.45, 7) is 0.836. The van der Waals surface area contributed by atoms with Crippen molar-refractivity contribution in [2.24, 2.45) is 0 Å². The molecule has 0 saturated carbocycles. The Morgan fingerprint density at radius 3 is 2.83 bits per heavy atom. The smallest absolute Gasteiger partial charge is 0.261 e. The van der Waals surface area contributed by atoms with Crippen LogP contribution in [-0.4, -0.2) is 19.1 Å². The zero-order chi connectivity index (χ0) is 12.8. The number of nitrogens with one attached hydrogen (secondary N) is 1. The molecule has 0 aliphatic rings. The molecule has 1 amide bonds. The lowest BCUT2D eigenvalue weighted by atomic mass is 10.3. The molecule has 0 saturated heterocycles. The van der Waals surface area contributed by atoms with Gasteiger partial charge in [0, 0.05) is 0 Å². The standard InChI is InChI=1S/C13H12ClNO2S/c14-10-4-1-2-5-11(10)17-8-7-15-13(16)12-6-3-9-18-12/h1-6,9H,7-8H2,(H,15,16). The highest BCUT2D eigenvalue weighted by atomic mass is 35.5. The van der Waals surface area contributed by atoms with E-state index in [0.29, 0.717) is 28.8 Å². The van der Waals surface area contributed by atoms with Crippen LogP contribution in [0.5, 0.6) is 5.75 Å². The number of thiophene rings is 1. The van der Waals surface area contributed by atoms with Crippen LogP contribution in [0.15, 0.2) is 41.8 Å². The van der Waals surface area contributed by atoms with Crippen LogP contribution >= 0.6 is 22.9 Å². The zero-order valence-corrected chi connectivity index (χ0v) is 11.1. The maximum absolute atomic E-state index is 11.6. The van der Waals surface area contributed by atoms with Gasteiger partial charge in [0.05, 0.1) is 16.4 Å². The van der Waals surface area contributed by atoms with E-state index in [1.165, 1.54) is 11.3 Å². The molecule has 1 aromatic heterocycles. The summed E-state index contributed by atoms with van der Waals surface area (Å²) in [7, 11) is 0. The quantitative estimate of drug-likeness (QED) is 0.855. The van der Waals surface area contributed by atoms with Crippen molar-refractivity contribution in [1.29, 1.82) is 0 Å². The van der Waals surface area contributed by atoms with Crippen molar-refractivity contribution >= 4 is 28.8 Å². The molecule has 0 bridgehead atoms. The summed E-state index contributed by atoms with van der Waals surface area (Å²) in [4.78, 5) is 12.3. The Hall–Kier alpha value is -1.52. The van der Waals surface area contributed by atoms with Gasteiger partial charge in [-0.05, 0) is 23.6 Å². The van der Waals surface area contributed by atoms with E-state index in [1.54, 1.807) is 18.2 Å². The summed E-state index contributed by atoms with van der Waals surface area (Å²) in [6, 6.07) is 10.9. The van der Waals surface area contributed by atoms with Gasteiger partial charge in [0.15, 0.2) is 0 Å². The van der Waals surface area contributed by atoms with Crippen molar-refractivity contribution in [3.8, 4) is 5.75 Å². The Morgan fingerprint density at radius 1 is 1.28 bits per heavy atom.